The number of phosphoric ester groups is 1. The van der Waals surface area contributed by atoms with Crippen LogP contribution in [0, 0.1) is 11.8 Å². The zero-order valence-electron chi connectivity index (χ0n) is 20.7. The summed E-state index contributed by atoms with van der Waals surface area (Å²) in [5, 5.41) is 2.64. The molecule has 3 N–H and O–H groups in total. The van der Waals surface area contributed by atoms with Crippen LogP contribution in [0.25, 0.3) is 0 Å². The molecule has 2 aliphatic heterocycles. The predicted octanol–water partition coefficient (Wildman–Crippen LogP) is 3.24. The topological polar surface area (TPSA) is 142 Å². The maximum absolute atomic E-state index is 12.9. The maximum Gasteiger partial charge on any atom is 0.472 e. The molecular weight excluding hydrogens is 476 g/mol. The van der Waals surface area contributed by atoms with Crippen LogP contribution in [-0.4, -0.2) is 71.8 Å². The van der Waals surface area contributed by atoms with E-state index in [0.717, 1.165) is 0 Å². The molecular formula is C20H41NO10P2. The highest BCUT2D eigenvalue weighted by molar-refractivity contribution is 7.50. The van der Waals surface area contributed by atoms with E-state index in [-0.39, 0.29) is 49.5 Å². The van der Waals surface area contributed by atoms with Crippen molar-refractivity contribution in [1.82, 2.24) is 5.09 Å². The van der Waals surface area contributed by atoms with Gasteiger partial charge in [0.2, 0.25) is 0 Å². The smallest absolute Gasteiger partial charge is 0.372 e. The first-order valence-corrected chi connectivity index (χ1v) is 14.6. The van der Waals surface area contributed by atoms with Crippen molar-refractivity contribution in [2.75, 3.05) is 13.2 Å². The molecule has 4 unspecified atom stereocenters. The van der Waals surface area contributed by atoms with E-state index in [1.54, 1.807) is 13.8 Å². The molecule has 2 heterocycles. The highest BCUT2D eigenvalue weighted by atomic mass is 31.2. The molecule has 0 aliphatic carbocycles. The zero-order chi connectivity index (χ0) is 25.1. The number of nitrogens with one attached hydrogen (secondary N) is 1. The first-order valence-electron chi connectivity index (χ1n) is 11.5. The summed E-state index contributed by atoms with van der Waals surface area (Å²) in [6.45, 7) is 14.3. The lowest BCUT2D eigenvalue weighted by Crippen LogP contribution is -2.41. The monoisotopic (exact) mass is 517 g/mol. The highest BCUT2D eigenvalue weighted by Gasteiger charge is 2.46. The Kier molecular flexibility index (Phi) is 10.6. The van der Waals surface area contributed by atoms with E-state index in [1.165, 1.54) is 0 Å². The Morgan fingerprint density at radius 2 is 1.39 bits per heavy atom. The van der Waals surface area contributed by atoms with Gasteiger partial charge < -0.3 is 24.0 Å². The van der Waals surface area contributed by atoms with Crippen LogP contribution in [0.15, 0.2) is 0 Å². The number of rotatable bonds is 12. The second-order valence-corrected chi connectivity index (χ2v) is 12.5. The summed E-state index contributed by atoms with van der Waals surface area (Å²) < 4.78 is 57.9. The zero-order valence-corrected chi connectivity index (χ0v) is 22.5. The van der Waals surface area contributed by atoms with Crippen molar-refractivity contribution in [3.05, 3.63) is 0 Å². The molecule has 0 spiro atoms. The number of hydrogen-bond donors (Lipinski definition) is 3. The minimum Gasteiger partial charge on any atom is -0.372 e. The number of hydrogen-bond acceptors (Lipinski definition) is 8. The van der Waals surface area contributed by atoms with Crippen LogP contribution >= 0.6 is 15.6 Å². The van der Waals surface area contributed by atoms with Crippen LogP contribution in [0.5, 0.6) is 0 Å². The summed E-state index contributed by atoms with van der Waals surface area (Å²) >= 11 is 0. The van der Waals surface area contributed by atoms with Crippen LogP contribution in [-0.2, 0) is 36.9 Å². The summed E-state index contributed by atoms with van der Waals surface area (Å²) in [7, 11) is -8.54. The van der Waals surface area contributed by atoms with E-state index in [1.807, 2.05) is 41.5 Å². The van der Waals surface area contributed by atoms with Crippen molar-refractivity contribution in [2.24, 2.45) is 11.8 Å². The Labute approximate surface area is 197 Å². The van der Waals surface area contributed by atoms with Crippen molar-refractivity contribution in [1.29, 1.82) is 0 Å². The average Bonchev–Trinajstić information content (AvgIpc) is 3.08. The summed E-state index contributed by atoms with van der Waals surface area (Å²) in [6, 6.07) is -0.653. The SMILES string of the molecule is CC(C)OC1[C@@H](COP(=O)(O)NC2[C@@H](COP(=O)(O)OC(C)C)O[C@@H](C)[C@H]2C)O[C@@H](C)[C@H]1C. The first kappa shape index (κ1) is 29.3. The Hall–Kier alpha value is 0.1000. The second kappa shape index (κ2) is 11.9. The van der Waals surface area contributed by atoms with Gasteiger partial charge in [0.1, 0.15) is 6.10 Å². The molecule has 2 saturated heterocycles. The summed E-state index contributed by atoms with van der Waals surface area (Å²) in [5.41, 5.74) is 0. The van der Waals surface area contributed by atoms with Crippen LogP contribution < -0.4 is 5.09 Å². The molecule has 2 fully saturated rings. The molecule has 0 saturated carbocycles. The van der Waals surface area contributed by atoms with Gasteiger partial charge in [-0.25, -0.2) is 14.2 Å². The fourth-order valence-corrected chi connectivity index (χ4v) is 6.20. The van der Waals surface area contributed by atoms with Gasteiger partial charge in [-0.3, -0.25) is 13.6 Å². The Morgan fingerprint density at radius 3 is 1.97 bits per heavy atom. The van der Waals surface area contributed by atoms with Gasteiger partial charge in [0.25, 0.3) is 0 Å². The molecule has 0 aromatic carbocycles. The lowest BCUT2D eigenvalue weighted by molar-refractivity contribution is -0.0643. The molecule has 0 radical (unpaired) electrons. The van der Waals surface area contributed by atoms with Crippen molar-refractivity contribution >= 4 is 15.6 Å². The van der Waals surface area contributed by atoms with Crippen molar-refractivity contribution < 1.29 is 46.7 Å². The summed E-state index contributed by atoms with van der Waals surface area (Å²) in [5.74, 6) is -0.0773. The maximum atomic E-state index is 12.9. The van der Waals surface area contributed by atoms with Crippen LogP contribution in [0.4, 0.5) is 0 Å². The molecule has 196 valence electrons. The Balaban J connectivity index is 1.99. The van der Waals surface area contributed by atoms with Gasteiger partial charge in [0.15, 0.2) is 0 Å². The van der Waals surface area contributed by atoms with Crippen molar-refractivity contribution in [2.45, 2.75) is 104 Å². The molecule has 13 heteroatoms. The minimum absolute atomic E-state index is 0.0196. The predicted molar refractivity (Wildman–Crippen MR) is 122 cm³/mol. The highest BCUT2D eigenvalue weighted by Crippen LogP contribution is 2.47. The van der Waals surface area contributed by atoms with Crippen molar-refractivity contribution in [3.63, 3.8) is 0 Å². The number of phosphoric acid groups is 1. The quantitative estimate of drug-likeness (QED) is 0.328. The standard InChI is InChI=1S/C20H41NO10P2/c1-11(2)28-20-14(6)16(8)30-18(20)10-26-32(22,23)21-19-13(5)15(7)29-17(19)9-27-33(24,25)31-12(3)4/h11-20H,9-10H2,1-8H3,(H,24,25)(H2,21,22,23)/t13-,14-,15+,16+,17-,18-,19?,20?/m1/s1. The van der Waals surface area contributed by atoms with Crippen LogP contribution in [0.2, 0.25) is 0 Å². The lowest BCUT2D eigenvalue weighted by Gasteiger charge is -2.27. The van der Waals surface area contributed by atoms with Gasteiger partial charge in [0, 0.05) is 11.8 Å². The second-order valence-electron chi connectivity index (χ2n) is 9.52. The lowest BCUT2D eigenvalue weighted by atomic mass is 9.98. The van der Waals surface area contributed by atoms with Gasteiger partial charge in [-0.05, 0) is 41.5 Å². The van der Waals surface area contributed by atoms with Gasteiger partial charge in [-0.1, -0.05) is 13.8 Å². The molecule has 0 aromatic heterocycles. The summed E-state index contributed by atoms with van der Waals surface area (Å²) in [6.07, 6.45) is -2.36. The molecule has 0 aromatic rings. The van der Waals surface area contributed by atoms with Crippen LogP contribution in [0.1, 0.15) is 55.4 Å². The van der Waals surface area contributed by atoms with E-state index in [0.29, 0.717) is 0 Å². The number of ether oxygens (including phenoxy) is 3. The molecule has 2 aliphatic rings. The molecule has 33 heavy (non-hydrogen) atoms. The average molecular weight is 517 g/mol. The normalized spacial score (nSPS) is 38.7. The molecule has 2 rings (SSSR count). The van der Waals surface area contributed by atoms with E-state index < -0.39 is 39.9 Å². The molecule has 0 bridgehead atoms. The first-order chi connectivity index (χ1) is 15.1. The molecule has 11 nitrogen and oxygen atoms in total. The van der Waals surface area contributed by atoms with Crippen molar-refractivity contribution in [3.8, 4) is 0 Å². The van der Waals surface area contributed by atoms with Gasteiger partial charge >= 0.3 is 15.6 Å². The third-order valence-electron chi connectivity index (χ3n) is 6.01. The Bertz CT molecular complexity index is 723. The molecule has 0 amide bonds. The molecule has 10 atom stereocenters. The van der Waals surface area contributed by atoms with Crippen LogP contribution in [0.3, 0.4) is 0 Å². The van der Waals surface area contributed by atoms with Gasteiger partial charge in [0.05, 0.1) is 55.9 Å². The third kappa shape index (κ3) is 8.62. The fourth-order valence-electron chi connectivity index (χ4n) is 4.07. The van der Waals surface area contributed by atoms with Gasteiger partial charge in [-0.15, -0.1) is 0 Å². The van der Waals surface area contributed by atoms with E-state index in [2.05, 4.69) is 5.09 Å². The van der Waals surface area contributed by atoms with E-state index >= 15 is 0 Å². The van der Waals surface area contributed by atoms with E-state index in [9.17, 15) is 18.9 Å². The minimum atomic E-state index is -4.28. The van der Waals surface area contributed by atoms with Gasteiger partial charge in [-0.2, -0.15) is 0 Å². The fraction of sp³-hybridized carbons (Fsp3) is 1.00. The third-order valence-corrected chi connectivity index (χ3v) is 8.30. The Morgan fingerprint density at radius 1 is 0.848 bits per heavy atom. The van der Waals surface area contributed by atoms with E-state index in [4.69, 9.17) is 27.8 Å². The summed E-state index contributed by atoms with van der Waals surface area (Å²) in [4.78, 5) is 20.3. The largest absolute Gasteiger partial charge is 0.472 e.